The Balaban J connectivity index is 1.87. The molecule has 0 radical (unpaired) electrons. The summed E-state index contributed by atoms with van der Waals surface area (Å²) >= 11 is 13.8. The lowest BCUT2D eigenvalue weighted by atomic mass is 10.3. The Bertz CT molecular complexity index is 637. The van der Waals surface area contributed by atoms with E-state index in [9.17, 15) is 0 Å². The highest BCUT2D eigenvalue weighted by atomic mass is 35.5. The number of anilines is 1. The summed E-state index contributed by atoms with van der Waals surface area (Å²) < 4.78 is 0.810. The van der Waals surface area contributed by atoms with Gasteiger partial charge in [-0.05, 0) is 31.9 Å². The molecule has 1 aliphatic rings. The molecule has 3 rings (SSSR count). The Kier molecular flexibility index (Phi) is 3.89. The van der Waals surface area contributed by atoms with Crippen molar-refractivity contribution in [1.29, 1.82) is 0 Å². The maximum atomic E-state index is 6.25. The van der Waals surface area contributed by atoms with Gasteiger partial charge in [0.2, 0.25) is 0 Å². The zero-order chi connectivity index (χ0) is 14.3. The van der Waals surface area contributed by atoms with Crippen LogP contribution in [0.2, 0.25) is 9.49 Å². The quantitative estimate of drug-likeness (QED) is 0.764. The van der Waals surface area contributed by atoms with Gasteiger partial charge in [-0.2, -0.15) is 0 Å². The lowest BCUT2D eigenvalue weighted by Crippen LogP contribution is -2.19. The standard InChI is InChI=1S/C14H15Cl2N3S/c1-8-12(16)17-13(9-3-4-9)18-14(8)19(2)7-10-5-6-11(15)20-10/h5-6,9H,3-4,7H2,1-2H3. The molecular weight excluding hydrogens is 313 g/mol. The molecule has 1 fully saturated rings. The van der Waals surface area contributed by atoms with E-state index < -0.39 is 0 Å². The van der Waals surface area contributed by atoms with Crippen LogP contribution in [0.1, 0.15) is 35.0 Å². The lowest BCUT2D eigenvalue weighted by molar-refractivity contribution is 0.851. The van der Waals surface area contributed by atoms with E-state index in [2.05, 4.69) is 9.88 Å². The van der Waals surface area contributed by atoms with Crippen molar-refractivity contribution in [2.24, 2.45) is 0 Å². The molecule has 2 aromatic heterocycles. The topological polar surface area (TPSA) is 29.0 Å². The number of rotatable bonds is 4. The zero-order valence-corrected chi connectivity index (χ0v) is 13.7. The van der Waals surface area contributed by atoms with Crippen LogP contribution >= 0.6 is 34.5 Å². The van der Waals surface area contributed by atoms with Crippen molar-refractivity contribution >= 4 is 40.4 Å². The molecular formula is C14H15Cl2N3S. The average Bonchev–Trinajstić information content (AvgIpc) is 3.17. The number of aromatic nitrogens is 2. The van der Waals surface area contributed by atoms with Gasteiger partial charge < -0.3 is 4.90 Å². The zero-order valence-electron chi connectivity index (χ0n) is 11.4. The predicted molar refractivity (Wildman–Crippen MR) is 85.2 cm³/mol. The Hall–Kier alpha value is -0.840. The molecule has 0 atom stereocenters. The van der Waals surface area contributed by atoms with Gasteiger partial charge in [0, 0.05) is 23.4 Å². The molecule has 20 heavy (non-hydrogen) atoms. The number of thiophene rings is 1. The van der Waals surface area contributed by atoms with Crippen molar-refractivity contribution < 1.29 is 0 Å². The van der Waals surface area contributed by atoms with E-state index >= 15 is 0 Å². The summed E-state index contributed by atoms with van der Waals surface area (Å²) in [6, 6.07) is 3.97. The first kappa shape index (κ1) is 14.1. The van der Waals surface area contributed by atoms with Crippen LogP contribution in [0.5, 0.6) is 0 Å². The van der Waals surface area contributed by atoms with Gasteiger partial charge in [0.05, 0.1) is 10.9 Å². The summed E-state index contributed by atoms with van der Waals surface area (Å²) in [6.45, 7) is 2.74. The molecule has 0 amide bonds. The second-order valence-corrected chi connectivity index (χ2v) is 7.32. The van der Waals surface area contributed by atoms with Crippen LogP contribution in [0.4, 0.5) is 5.82 Å². The van der Waals surface area contributed by atoms with E-state index in [0.717, 1.165) is 28.1 Å². The highest BCUT2D eigenvalue weighted by molar-refractivity contribution is 7.16. The number of hydrogen-bond acceptors (Lipinski definition) is 4. The van der Waals surface area contributed by atoms with Crippen LogP contribution in [0, 0.1) is 6.92 Å². The molecule has 0 saturated heterocycles. The van der Waals surface area contributed by atoms with E-state index in [0.29, 0.717) is 11.1 Å². The lowest BCUT2D eigenvalue weighted by Gasteiger charge is -2.20. The molecule has 0 N–H and O–H groups in total. The molecule has 0 bridgehead atoms. The van der Waals surface area contributed by atoms with Gasteiger partial charge in [-0.15, -0.1) is 11.3 Å². The first-order chi connectivity index (χ1) is 9.54. The van der Waals surface area contributed by atoms with Crippen molar-refractivity contribution in [3.8, 4) is 0 Å². The molecule has 0 unspecified atom stereocenters. The Labute approximate surface area is 132 Å². The van der Waals surface area contributed by atoms with E-state index in [4.69, 9.17) is 28.2 Å². The second kappa shape index (κ2) is 5.51. The highest BCUT2D eigenvalue weighted by Gasteiger charge is 2.28. The smallest absolute Gasteiger partial charge is 0.137 e. The van der Waals surface area contributed by atoms with Gasteiger partial charge >= 0.3 is 0 Å². The largest absolute Gasteiger partial charge is 0.354 e. The minimum atomic E-state index is 0.497. The first-order valence-corrected chi connectivity index (χ1v) is 8.11. The van der Waals surface area contributed by atoms with Crippen molar-refractivity contribution in [1.82, 2.24) is 9.97 Å². The molecule has 106 valence electrons. The minimum Gasteiger partial charge on any atom is -0.354 e. The second-order valence-electron chi connectivity index (χ2n) is 5.16. The van der Waals surface area contributed by atoms with Crippen LogP contribution in [-0.4, -0.2) is 17.0 Å². The SMILES string of the molecule is Cc1c(Cl)nc(C2CC2)nc1N(C)Cc1ccc(Cl)s1. The molecule has 0 aromatic carbocycles. The van der Waals surface area contributed by atoms with Gasteiger partial charge in [-0.3, -0.25) is 0 Å². The minimum absolute atomic E-state index is 0.497. The molecule has 2 aromatic rings. The Morgan fingerprint density at radius 1 is 1.30 bits per heavy atom. The third-order valence-electron chi connectivity index (χ3n) is 3.40. The molecule has 6 heteroatoms. The van der Waals surface area contributed by atoms with Gasteiger partial charge in [0.25, 0.3) is 0 Å². The maximum Gasteiger partial charge on any atom is 0.137 e. The summed E-state index contributed by atoms with van der Waals surface area (Å²) in [5, 5.41) is 0.563. The van der Waals surface area contributed by atoms with Gasteiger partial charge in [0.15, 0.2) is 0 Å². The molecule has 2 heterocycles. The monoisotopic (exact) mass is 327 g/mol. The molecule has 3 nitrogen and oxygen atoms in total. The van der Waals surface area contributed by atoms with E-state index in [-0.39, 0.29) is 0 Å². The first-order valence-electron chi connectivity index (χ1n) is 6.54. The third kappa shape index (κ3) is 2.92. The fraction of sp³-hybridized carbons (Fsp3) is 0.429. The van der Waals surface area contributed by atoms with E-state index in [1.807, 2.05) is 26.1 Å². The van der Waals surface area contributed by atoms with Crippen molar-refractivity contribution in [2.75, 3.05) is 11.9 Å². The van der Waals surface area contributed by atoms with Crippen molar-refractivity contribution in [3.63, 3.8) is 0 Å². The van der Waals surface area contributed by atoms with Gasteiger partial charge in [0.1, 0.15) is 16.8 Å². The molecule has 1 aliphatic carbocycles. The number of halogens is 2. The number of nitrogens with zero attached hydrogens (tertiary/aromatic N) is 3. The summed E-state index contributed by atoms with van der Waals surface area (Å²) in [7, 11) is 2.02. The average molecular weight is 328 g/mol. The Morgan fingerprint density at radius 2 is 2.05 bits per heavy atom. The van der Waals surface area contributed by atoms with Crippen molar-refractivity contribution in [3.05, 3.63) is 37.9 Å². The van der Waals surface area contributed by atoms with Crippen LogP contribution < -0.4 is 4.90 Å². The van der Waals surface area contributed by atoms with Crippen molar-refractivity contribution in [2.45, 2.75) is 32.2 Å². The van der Waals surface area contributed by atoms with Crippen LogP contribution in [0.3, 0.4) is 0 Å². The molecule has 0 aliphatic heterocycles. The summed E-state index contributed by atoms with van der Waals surface area (Å²) in [6.07, 6.45) is 2.34. The van der Waals surface area contributed by atoms with Gasteiger partial charge in [-0.25, -0.2) is 9.97 Å². The normalized spacial score (nSPS) is 14.6. The van der Waals surface area contributed by atoms with E-state index in [1.165, 1.54) is 17.7 Å². The summed E-state index contributed by atoms with van der Waals surface area (Å²) in [4.78, 5) is 12.4. The molecule has 0 spiro atoms. The predicted octanol–water partition coefficient (Wildman–Crippen LogP) is 4.67. The van der Waals surface area contributed by atoms with Gasteiger partial charge in [-0.1, -0.05) is 23.2 Å². The highest BCUT2D eigenvalue weighted by Crippen LogP contribution is 2.40. The number of hydrogen-bond donors (Lipinski definition) is 0. The van der Waals surface area contributed by atoms with Crippen LogP contribution in [0.25, 0.3) is 0 Å². The van der Waals surface area contributed by atoms with E-state index in [1.54, 1.807) is 11.3 Å². The fourth-order valence-corrected chi connectivity index (χ4v) is 3.45. The summed E-state index contributed by atoms with van der Waals surface area (Å²) in [5.74, 6) is 2.29. The Morgan fingerprint density at radius 3 is 2.65 bits per heavy atom. The maximum absolute atomic E-state index is 6.25. The van der Waals surface area contributed by atoms with Crippen LogP contribution in [-0.2, 0) is 6.54 Å². The van der Waals surface area contributed by atoms with Crippen LogP contribution in [0.15, 0.2) is 12.1 Å². The fourth-order valence-electron chi connectivity index (χ4n) is 2.14. The summed E-state index contributed by atoms with van der Waals surface area (Å²) in [5.41, 5.74) is 0.932. The molecule has 1 saturated carbocycles. The third-order valence-corrected chi connectivity index (χ3v) is 4.99.